The largest absolute Gasteiger partial charge is 0.376 e. The molecule has 3 N–H and O–H groups in total. The molecule has 0 heterocycles. The predicted molar refractivity (Wildman–Crippen MR) is 80.5 cm³/mol. The highest BCUT2D eigenvalue weighted by Crippen LogP contribution is 2.25. The minimum Gasteiger partial charge on any atom is -0.376 e. The molecule has 1 saturated carbocycles. The lowest BCUT2D eigenvalue weighted by Crippen LogP contribution is -2.32. The molecule has 19 heavy (non-hydrogen) atoms. The third-order valence-electron chi connectivity index (χ3n) is 3.62. The molecule has 3 unspecified atom stereocenters. The van der Waals surface area contributed by atoms with Crippen LogP contribution in [0.1, 0.15) is 52.4 Å². The van der Waals surface area contributed by atoms with Crippen LogP contribution in [0.5, 0.6) is 0 Å². The minimum absolute atomic E-state index is 0. The number of hydrogen-bond acceptors (Lipinski definition) is 3. The van der Waals surface area contributed by atoms with Crippen LogP contribution in [0.3, 0.4) is 0 Å². The van der Waals surface area contributed by atoms with E-state index in [9.17, 15) is 4.79 Å². The fourth-order valence-corrected chi connectivity index (χ4v) is 2.38. The molecule has 1 fully saturated rings. The van der Waals surface area contributed by atoms with Crippen LogP contribution in [0.4, 0.5) is 0 Å². The van der Waals surface area contributed by atoms with E-state index in [0.717, 1.165) is 6.42 Å². The first-order chi connectivity index (χ1) is 8.59. The highest BCUT2D eigenvalue weighted by atomic mass is 35.5. The number of amides is 1. The zero-order chi connectivity index (χ0) is 13.4. The van der Waals surface area contributed by atoms with Crippen LogP contribution in [-0.2, 0) is 9.53 Å². The van der Waals surface area contributed by atoms with Crippen LogP contribution >= 0.6 is 12.4 Å². The average molecular weight is 293 g/mol. The Balaban J connectivity index is 0.00000324. The topological polar surface area (TPSA) is 64.4 Å². The number of nitrogens with two attached hydrogens (primary N) is 1. The minimum atomic E-state index is 0. The first kappa shape index (κ1) is 18.7. The maximum Gasteiger partial charge on any atom is 0.220 e. The van der Waals surface area contributed by atoms with Gasteiger partial charge in [0, 0.05) is 19.0 Å². The van der Waals surface area contributed by atoms with Crippen molar-refractivity contribution >= 4 is 18.3 Å². The van der Waals surface area contributed by atoms with Gasteiger partial charge in [-0.3, -0.25) is 4.79 Å². The first-order valence-electron chi connectivity index (χ1n) is 7.23. The number of carbonyl (C=O) groups is 1. The summed E-state index contributed by atoms with van der Waals surface area (Å²) in [6, 6.07) is 0.0927. The molecule has 0 aromatic heterocycles. The summed E-state index contributed by atoms with van der Waals surface area (Å²) < 4.78 is 5.83. The maximum absolute atomic E-state index is 11.4. The molecule has 0 spiro atoms. The molecule has 1 rings (SSSR count). The number of nitrogens with one attached hydrogen (secondary N) is 1. The molecule has 0 radical (unpaired) electrons. The average Bonchev–Trinajstić information content (AvgIpc) is 2.34. The maximum atomic E-state index is 11.4. The first-order valence-corrected chi connectivity index (χ1v) is 7.23. The van der Waals surface area contributed by atoms with Gasteiger partial charge in [-0.2, -0.15) is 0 Å². The van der Waals surface area contributed by atoms with E-state index in [1.54, 1.807) is 0 Å². The van der Waals surface area contributed by atoms with E-state index >= 15 is 0 Å². The normalized spacial score (nSPS) is 24.4. The summed E-state index contributed by atoms with van der Waals surface area (Å²) in [5, 5.41) is 2.87. The molecule has 1 aliphatic rings. The Morgan fingerprint density at radius 3 is 2.74 bits per heavy atom. The zero-order valence-electron chi connectivity index (χ0n) is 12.2. The van der Waals surface area contributed by atoms with Gasteiger partial charge in [-0.25, -0.2) is 0 Å². The van der Waals surface area contributed by atoms with Gasteiger partial charge in [0.2, 0.25) is 5.91 Å². The van der Waals surface area contributed by atoms with Gasteiger partial charge in [-0.05, 0) is 32.1 Å². The van der Waals surface area contributed by atoms with E-state index in [0.29, 0.717) is 31.6 Å². The molecule has 1 amide bonds. The molecule has 0 bridgehead atoms. The number of ether oxygens (including phenoxy) is 1. The number of rotatable bonds is 7. The van der Waals surface area contributed by atoms with Gasteiger partial charge < -0.3 is 15.8 Å². The van der Waals surface area contributed by atoms with Crippen LogP contribution < -0.4 is 11.1 Å². The third kappa shape index (κ3) is 8.45. The number of carbonyl (C=O) groups excluding carboxylic acids is 1. The Hall–Kier alpha value is -0.320. The molecule has 0 aromatic carbocycles. The van der Waals surface area contributed by atoms with Crippen molar-refractivity contribution in [1.29, 1.82) is 0 Å². The van der Waals surface area contributed by atoms with Crippen molar-refractivity contribution in [3.8, 4) is 0 Å². The lowest BCUT2D eigenvalue weighted by atomic mass is 9.88. The monoisotopic (exact) mass is 292 g/mol. The predicted octanol–water partition coefficient (Wildman–Crippen LogP) is 2.25. The van der Waals surface area contributed by atoms with Crippen LogP contribution in [0, 0.1) is 5.92 Å². The molecule has 1 aliphatic carbocycles. The third-order valence-corrected chi connectivity index (χ3v) is 3.62. The molecule has 5 heteroatoms. The molecule has 0 saturated heterocycles. The van der Waals surface area contributed by atoms with Crippen molar-refractivity contribution in [3.63, 3.8) is 0 Å². The summed E-state index contributed by atoms with van der Waals surface area (Å²) >= 11 is 0. The Kier molecular flexibility index (Phi) is 10.3. The van der Waals surface area contributed by atoms with Gasteiger partial charge in [0.1, 0.15) is 0 Å². The van der Waals surface area contributed by atoms with E-state index < -0.39 is 0 Å². The van der Waals surface area contributed by atoms with E-state index in [1.807, 2.05) is 6.92 Å². The quantitative estimate of drug-likeness (QED) is 0.707. The summed E-state index contributed by atoms with van der Waals surface area (Å²) in [6.45, 7) is 5.41. The van der Waals surface area contributed by atoms with E-state index in [4.69, 9.17) is 10.5 Å². The van der Waals surface area contributed by atoms with Gasteiger partial charge in [0.05, 0.1) is 12.7 Å². The Labute approximate surface area is 123 Å². The van der Waals surface area contributed by atoms with E-state index in [2.05, 4.69) is 12.2 Å². The molecule has 3 atom stereocenters. The Morgan fingerprint density at radius 1 is 1.42 bits per heavy atom. The van der Waals surface area contributed by atoms with Gasteiger partial charge in [0.15, 0.2) is 0 Å². The van der Waals surface area contributed by atoms with E-state index in [1.165, 1.54) is 25.7 Å². The van der Waals surface area contributed by atoms with Gasteiger partial charge in [-0.15, -0.1) is 12.4 Å². The highest BCUT2D eigenvalue weighted by Gasteiger charge is 2.21. The second-order valence-electron chi connectivity index (χ2n) is 5.54. The van der Waals surface area contributed by atoms with Crippen molar-refractivity contribution in [2.75, 3.05) is 13.2 Å². The lowest BCUT2D eigenvalue weighted by Gasteiger charge is -2.28. The summed E-state index contributed by atoms with van der Waals surface area (Å²) in [5.74, 6) is 0.736. The molecule has 114 valence electrons. The second kappa shape index (κ2) is 10.5. The fourth-order valence-electron chi connectivity index (χ4n) is 2.38. The highest BCUT2D eigenvalue weighted by molar-refractivity contribution is 5.85. The smallest absolute Gasteiger partial charge is 0.220 e. The number of hydrogen-bond donors (Lipinski definition) is 2. The van der Waals surface area contributed by atoms with Crippen LogP contribution in [0.15, 0.2) is 0 Å². The fraction of sp³-hybridized carbons (Fsp3) is 0.929. The summed E-state index contributed by atoms with van der Waals surface area (Å²) in [4.78, 5) is 11.4. The molecule has 4 nitrogen and oxygen atoms in total. The molecule has 0 aliphatic heterocycles. The van der Waals surface area contributed by atoms with Crippen LogP contribution in [0.2, 0.25) is 0 Å². The molecular formula is C14H29ClN2O2. The van der Waals surface area contributed by atoms with Crippen molar-refractivity contribution < 1.29 is 9.53 Å². The molecular weight excluding hydrogens is 264 g/mol. The van der Waals surface area contributed by atoms with E-state index in [-0.39, 0.29) is 24.4 Å². The van der Waals surface area contributed by atoms with Crippen molar-refractivity contribution in [1.82, 2.24) is 5.32 Å². The Bertz CT molecular complexity index is 250. The van der Waals surface area contributed by atoms with Gasteiger partial charge in [-0.1, -0.05) is 19.8 Å². The summed E-state index contributed by atoms with van der Waals surface area (Å²) in [5.41, 5.74) is 5.60. The van der Waals surface area contributed by atoms with Crippen LogP contribution in [-0.4, -0.2) is 31.2 Å². The second-order valence-corrected chi connectivity index (χ2v) is 5.54. The van der Waals surface area contributed by atoms with Crippen LogP contribution in [0.25, 0.3) is 0 Å². The molecule has 0 aromatic rings. The van der Waals surface area contributed by atoms with Gasteiger partial charge >= 0.3 is 0 Å². The van der Waals surface area contributed by atoms with Gasteiger partial charge in [0.25, 0.3) is 0 Å². The SMILES string of the molecule is CC(N)CCC(=O)NCCOC1CCCCC1C.Cl. The zero-order valence-corrected chi connectivity index (χ0v) is 13.0. The van der Waals surface area contributed by atoms with Crippen molar-refractivity contribution in [2.45, 2.75) is 64.5 Å². The Morgan fingerprint density at radius 2 is 2.11 bits per heavy atom. The number of halogens is 1. The van der Waals surface area contributed by atoms with Crippen molar-refractivity contribution in [3.05, 3.63) is 0 Å². The van der Waals surface area contributed by atoms with Crippen molar-refractivity contribution in [2.24, 2.45) is 11.7 Å². The standard InChI is InChI=1S/C14H28N2O2.ClH/c1-11-5-3-4-6-13(11)18-10-9-16-14(17)8-7-12(2)15;/h11-13H,3-10,15H2,1-2H3,(H,16,17);1H. The lowest BCUT2D eigenvalue weighted by molar-refractivity contribution is -0.121. The summed E-state index contributed by atoms with van der Waals surface area (Å²) in [7, 11) is 0. The summed E-state index contributed by atoms with van der Waals surface area (Å²) in [6.07, 6.45) is 6.68.